The highest BCUT2D eigenvalue weighted by atomic mass is 16.7. The summed E-state index contributed by atoms with van der Waals surface area (Å²) in [6.07, 6.45) is 0.269. The van der Waals surface area contributed by atoms with Crippen molar-refractivity contribution < 1.29 is 14.2 Å². The number of likely N-dealkylation sites (N-methyl/N-ethyl adjacent to an activating group) is 1. The number of morpholine rings is 1. The summed E-state index contributed by atoms with van der Waals surface area (Å²) in [5.41, 5.74) is 1.26. The first-order valence-corrected chi connectivity index (χ1v) is 7.17. The molecule has 0 bridgehead atoms. The monoisotopic (exact) mass is 278 g/mol. The van der Waals surface area contributed by atoms with Crippen molar-refractivity contribution in [3.8, 4) is 11.5 Å². The predicted octanol–water partition coefficient (Wildman–Crippen LogP) is 1.40. The number of nitrogens with one attached hydrogen (secondary N) is 1. The topological polar surface area (TPSA) is 43.0 Å². The van der Waals surface area contributed by atoms with E-state index in [1.165, 1.54) is 5.56 Å². The molecule has 0 aromatic heterocycles. The normalized spacial score (nSPS) is 23.8. The molecule has 0 radical (unpaired) electrons. The van der Waals surface area contributed by atoms with Gasteiger partial charge in [-0.2, -0.15) is 0 Å². The lowest BCUT2D eigenvalue weighted by Crippen LogP contribution is -2.46. The third-order valence-corrected chi connectivity index (χ3v) is 4.03. The SMILES string of the molecule is CNCC1CN(C(C)c2ccc3c(c2)OCO3)CCO1. The van der Waals surface area contributed by atoms with Crippen LogP contribution in [0.2, 0.25) is 0 Å². The molecule has 1 N–H and O–H groups in total. The molecule has 2 aliphatic rings. The van der Waals surface area contributed by atoms with Gasteiger partial charge in [-0.1, -0.05) is 6.07 Å². The largest absolute Gasteiger partial charge is 0.454 e. The molecule has 3 rings (SSSR count). The van der Waals surface area contributed by atoms with Crippen molar-refractivity contribution in [1.29, 1.82) is 0 Å². The Hall–Kier alpha value is -1.30. The second-order valence-electron chi connectivity index (χ2n) is 5.33. The summed E-state index contributed by atoms with van der Waals surface area (Å²) in [6.45, 7) is 6.17. The van der Waals surface area contributed by atoms with Gasteiger partial charge in [-0.05, 0) is 31.7 Å². The van der Waals surface area contributed by atoms with E-state index in [2.05, 4.69) is 29.3 Å². The summed E-state index contributed by atoms with van der Waals surface area (Å²) in [5.74, 6) is 1.70. The van der Waals surface area contributed by atoms with Gasteiger partial charge in [-0.15, -0.1) is 0 Å². The number of ether oxygens (including phenoxy) is 3. The molecule has 2 unspecified atom stereocenters. The first-order chi connectivity index (χ1) is 9.78. The van der Waals surface area contributed by atoms with Gasteiger partial charge in [0.15, 0.2) is 11.5 Å². The molecule has 1 aromatic carbocycles. The fourth-order valence-corrected chi connectivity index (χ4v) is 2.83. The van der Waals surface area contributed by atoms with E-state index < -0.39 is 0 Å². The maximum absolute atomic E-state index is 5.76. The van der Waals surface area contributed by atoms with Crippen molar-refractivity contribution in [2.24, 2.45) is 0 Å². The molecule has 2 atom stereocenters. The second kappa shape index (κ2) is 5.99. The van der Waals surface area contributed by atoms with Crippen LogP contribution in [0.3, 0.4) is 0 Å². The first kappa shape index (κ1) is 13.7. The number of benzene rings is 1. The Balaban J connectivity index is 1.70. The van der Waals surface area contributed by atoms with Crippen molar-refractivity contribution in [3.63, 3.8) is 0 Å². The molecule has 2 aliphatic heterocycles. The van der Waals surface area contributed by atoms with E-state index in [0.29, 0.717) is 12.8 Å². The quantitative estimate of drug-likeness (QED) is 0.902. The van der Waals surface area contributed by atoms with Crippen molar-refractivity contribution in [3.05, 3.63) is 23.8 Å². The molecule has 5 nitrogen and oxygen atoms in total. The smallest absolute Gasteiger partial charge is 0.231 e. The van der Waals surface area contributed by atoms with Crippen LogP contribution in [0.4, 0.5) is 0 Å². The van der Waals surface area contributed by atoms with Crippen molar-refractivity contribution in [2.45, 2.75) is 19.1 Å². The van der Waals surface area contributed by atoms with Crippen LogP contribution in [-0.2, 0) is 4.74 Å². The Morgan fingerprint density at radius 3 is 3.05 bits per heavy atom. The first-order valence-electron chi connectivity index (χ1n) is 7.17. The zero-order valence-corrected chi connectivity index (χ0v) is 12.1. The average Bonchev–Trinajstić information content (AvgIpc) is 2.94. The van der Waals surface area contributed by atoms with Crippen LogP contribution < -0.4 is 14.8 Å². The maximum Gasteiger partial charge on any atom is 0.231 e. The van der Waals surface area contributed by atoms with E-state index in [9.17, 15) is 0 Å². The van der Waals surface area contributed by atoms with Crippen LogP contribution in [0.15, 0.2) is 18.2 Å². The highest BCUT2D eigenvalue weighted by molar-refractivity contribution is 5.45. The molecular weight excluding hydrogens is 256 g/mol. The van der Waals surface area contributed by atoms with Gasteiger partial charge in [0, 0.05) is 25.7 Å². The molecule has 0 spiro atoms. The van der Waals surface area contributed by atoms with Gasteiger partial charge >= 0.3 is 0 Å². The molecule has 0 aliphatic carbocycles. The molecule has 110 valence electrons. The Morgan fingerprint density at radius 2 is 2.20 bits per heavy atom. The Bertz CT molecular complexity index is 464. The van der Waals surface area contributed by atoms with Crippen LogP contribution in [0, 0.1) is 0 Å². The molecule has 1 fully saturated rings. The summed E-state index contributed by atoms with van der Waals surface area (Å²) in [7, 11) is 1.96. The number of nitrogens with zero attached hydrogens (tertiary/aromatic N) is 1. The Morgan fingerprint density at radius 1 is 1.35 bits per heavy atom. The third kappa shape index (κ3) is 2.75. The Kier molecular flexibility index (Phi) is 4.10. The van der Waals surface area contributed by atoms with Crippen LogP contribution in [0.25, 0.3) is 0 Å². The summed E-state index contributed by atoms with van der Waals surface area (Å²) >= 11 is 0. The van der Waals surface area contributed by atoms with E-state index >= 15 is 0 Å². The van der Waals surface area contributed by atoms with Crippen LogP contribution in [0.5, 0.6) is 11.5 Å². The van der Waals surface area contributed by atoms with Gasteiger partial charge in [0.05, 0.1) is 12.7 Å². The molecule has 1 saturated heterocycles. The molecule has 1 aromatic rings. The molecule has 0 amide bonds. The van der Waals surface area contributed by atoms with Gasteiger partial charge in [0.1, 0.15) is 0 Å². The van der Waals surface area contributed by atoms with Crippen LogP contribution >= 0.6 is 0 Å². The third-order valence-electron chi connectivity index (χ3n) is 4.03. The molecule has 0 saturated carbocycles. The zero-order valence-electron chi connectivity index (χ0n) is 12.1. The minimum Gasteiger partial charge on any atom is -0.454 e. The van der Waals surface area contributed by atoms with Crippen molar-refractivity contribution >= 4 is 0 Å². The summed E-state index contributed by atoms with van der Waals surface area (Å²) in [5, 5.41) is 3.18. The molecule has 20 heavy (non-hydrogen) atoms. The van der Waals surface area contributed by atoms with Gasteiger partial charge < -0.3 is 19.5 Å². The second-order valence-corrected chi connectivity index (χ2v) is 5.33. The maximum atomic E-state index is 5.76. The number of hydrogen-bond acceptors (Lipinski definition) is 5. The van der Waals surface area contributed by atoms with E-state index in [1.807, 2.05) is 13.1 Å². The summed E-state index contributed by atoms with van der Waals surface area (Å²) in [4.78, 5) is 2.46. The highest BCUT2D eigenvalue weighted by Crippen LogP contribution is 2.35. The van der Waals surface area contributed by atoms with Crippen LogP contribution in [0.1, 0.15) is 18.5 Å². The minimum atomic E-state index is 0.269. The molecule has 5 heteroatoms. The predicted molar refractivity (Wildman–Crippen MR) is 76.2 cm³/mol. The van der Waals surface area contributed by atoms with Gasteiger partial charge in [0.25, 0.3) is 0 Å². The van der Waals surface area contributed by atoms with Gasteiger partial charge in [-0.3, -0.25) is 4.90 Å². The standard InChI is InChI=1S/C15H22N2O3/c1-11(17-5-6-18-13(9-17)8-16-2)12-3-4-14-15(7-12)20-10-19-14/h3-4,7,11,13,16H,5-6,8-10H2,1-2H3. The number of fused-ring (bicyclic) bond motifs is 1. The van der Waals surface area contributed by atoms with E-state index in [-0.39, 0.29) is 6.10 Å². The van der Waals surface area contributed by atoms with Crippen LogP contribution in [-0.4, -0.2) is 51.1 Å². The van der Waals surface area contributed by atoms with E-state index in [4.69, 9.17) is 14.2 Å². The number of rotatable bonds is 4. The molecule has 2 heterocycles. The fraction of sp³-hybridized carbons (Fsp3) is 0.600. The molecular formula is C15H22N2O3. The van der Waals surface area contributed by atoms with E-state index in [1.54, 1.807) is 0 Å². The zero-order chi connectivity index (χ0) is 13.9. The highest BCUT2D eigenvalue weighted by Gasteiger charge is 2.25. The lowest BCUT2D eigenvalue weighted by Gasteiger charge is -2.37. The Labute approximate surface area is 119 Å². The van der Waals surface area contributed by atoms with E-state index in [0.717, 1.165) is 37.7 Å². The lowest BCUT2D eigenvalue weighted by atomic mass is 10.0. The summed E-state index contributed by atoms with van der Waals surface area (Å²) in [6, 6.07) is 6.57. The summed E-state index contributed by atoms with van der Waals surface area (Å²) < 4.78 is 16.6. The van der Waals surface area contributed by atoms with Gasteiger partial charge in [0.2, 0.25) is 6.79 Å². The number of hydrogen-bond donors (Lipinski definition) is 1. The fourth-order valence-electron chi connectivity index (χ4n) is 2.83. The van der Waals surface area contributed by atoms with Gasteiger partial charge in [-0.25, -0.2) is 0 Å². The average molecular weight is 278 g/mol. The minimum absolute atomic E-state index is 0.269. The van der Waals surface area contributed by atoms with Crippen molar-refractivity contribution in [2.75, 3.05) is 40.1 Å². The van der Waals surface area contributed by atoms with Crippen molar-refractivity contribution in [1.82, 2.24) is 10.2 Å². The lowest BCUT2D eigenvalue weighted by molar-refractivity contribution is -0.0393.